The maximum Gasteiger partial charge on any atom is 0.111 e. The number of pyridine rings is 2. The van der Waals surface area contributed by atoms with Gasteiger partial charge in [-0.15, -0.1) is 5.10 Å². The van der Waals surface area contributed by atoms with E-state index >= 15 is 0 Å². The van der Waals surface area contributed by atoms with Crippen molar-refractivity contribution in [3.63, 3.8) is 0 Å². The smallest absolute Gasteiger partial charge is 0.111 e. The molecule has 0 unspecified atom stereocenters. The van der Waals surface area contributed by atoms with Crippen LogP contribution in [-0.2, 0) is 0 Å². The molecule has 3 heterocycles. The fourth-order valence-electron chi connectivity index (χ4n) is 1.87. The Bertz CT molecular complexity index is 636. The Hall–Kier alpha value is -2.62. The standard InChI is InChI=1S/C16H14N4/c1-11-3-6-14(17-9-11)13-5-8-15(18-10-13)16-7-4-12(2)19-20-16/h3-10H,1-2H3. The highest BCUT2D eigenvalue weighted by Crippen LogP contribution is 2.19. The maximum absolute atomic E-state index is 4.43. The van der Waals surface area contributed by atoms with E-state index in [1.165, 1.54) is 0 Å². The van der Waals surface area contributed by atoms with Crippen molar-refractivity contribution in [1.82, 2.24) is 20.2 Å². The fourth-order valence-corrected chi connectivity index (χ4v) is 1.87. The third-order valence-electron chi connectivity index (χ3n) is 3.03. The van der Waals surface area contributed by atoms with Gasteiger partial charge in [-0.1, -0.05) is 6.07 Å². The van der Waals surface area contributed by atoms with Crippen molar-refractivity contribution >= 4 is 0 Å². The van der Waals surface area contributed by atoms with E-state index in [2.05, 4.69) is 20.2 Å². The van der Waals surface area contributed by atoms with E-state index in [0.717, 1.165) is 33.9 Å². The average molecular weight is 262 g/mol. The summed E-state index contributed by atoms with van der Waals surface area (Å²) in [4.78, 5) is 8.83. The highest BCUT2D eigenvalue weighted by Gasteiger charge is 2.04. The largest absolute Gasteiger partial charge is 0.256 e. The lowest BCUT2D eigenvalue weighted by Crippen LogP contribution is -1.92. The van der Waals surface area contributed by atoms with Gasteiger partial charge in [-0.2, -0.15) is 5.10 Å². The van der Waals surface area contributed by atoms with Gasteiger partial charge in [0.25, 0.3) is 0 Å². The van der Waals surface area contributed by atoms with Crippen LogP contribution in [0.15, 0.2) is 48.8 Å². The molecule has 0 amide bonds. The summed E-state index contributed by atoms with van der Waals surface area (Å²) in [7, 11) is 0. The molecule has 20 heavy (non-hydrogen) atoms. The summed E-state index contributed by atoms with van der Waals surface area (Å²) in [5, 5.41) is 8.18. The first-order chi connectivity index (χ1) is 9.72. The summed E-state index contributed by atoms with van der Waals surface area (Å²) in [5.74, 6) is 0. The second-order valence-corrected chi connectivity index (χ2v) is 4.71. The van der Waals surface area contributed by atoms with Crippen LogP contribution in [0.5, 0.6) is 0 Å². The Morgan fingerprint density at radius 1 is 0.650 bits per heavy atom. The zero-order chi connectivity index (χ0) is 13.9. The molecule has 0 N–H and O–H groups in total. The minimum atomic E-state index is 0.777. The molecule has 0 atom stereocenters. The summed E-state index contributed by atoms with van der Waals surface area (Å²) in [6, 6.07) is 11.8. The van der Waals surface area contributed by atoms with E-state index in [1.807, 2.05) is 62.6 Å². The normalized spacial score (nSPS) is 10.5. The summed E-state index contributed by atoms with van der Waals surface area (Å²) in [6.45, 7) is 3.94. The van der Waals surface area contributed by atoms with Gasteiger partial charge in [-0.05, 0) is 49.7 Å². The minimum absolute atomic E-state index is 0.777. The molecule has 98 valence electrons. The number of hydrogen-bond donors (Lipinski definition) is 0. The van der Waals surface area contributed by atoms with Crippen LogP contribution >= 0.6 is 0 Å². The molecule has 0 fully saturated rings. The Labute approximate surface area is 117 Å². The molecule has 0 bridgehead atoms. The number of aromatic nitrogens is 4. The van der Waals surface area contributed by atoms with Crippen molar-refractivity contribution in [1.29, 1.82) is 0 Å². The molecule has 0 saturated heterocycles. The molecule has 4 heteroatoms. The number of rotatable bonds is 2. The topological polar surface area (TPSA) is 51.6 Å². The highest BCUT2D eigenvalue weighted by atomic mass is 15.1. The predicted molar refractivity (Wildman–Crippen MR) is 78.0 cm³/mol. The SMILES string of the molecule is Cc1ccc(-c2ccc(-c3ccc(C)nn3)nc2)nc1. The molecule has 4 nitrogen and oxygen atoms in total. The summed E-state index contributed by atoms with van der Waals surface area (Å²) >= 11 is 0. The Balaban J connectivity index is 1.91. The van der Waals surface area contributed by atoms with Crippen molar-refractivity contribution < 1.29 is 0 Å². The molecule has 0 aliphatic carbocycles. The van der Waals surface area contributed by atoms with Crippen LogP contribution in [0.25, 0.3) is 22.6 Å². The van der Waals surface area contributed by atoms with E-state index in [-0.39, 0.29) is 0 Å². The molecule has 0 aromatic carbocycles. The lowest BCUT2D eigenvalue weighted by atomic mass is 10.1. The monoisotopic (exact) mass is 262 g/mol. The molecule has 0 spiro atoms. The maximum atomic E-state index is 4.43. The van der Waals surface area contributed by atoms with Gasteiger partial charge in [0.05, 0.1) is 17.1 Å². The van der Waals surface area contributed by atoms with Crippen molar-refractivity contribution in [3.05, 3.63) is 60.0 Å². The second kappa shape index (κ2) is 5.17. The number of hydrogen-bond acceptors (Lipinski definition) is 4. The van der Waals surface area contributed by atoms with Gasteiger partial charge in [0.1, 0.15) is 5.69 Å². The van der Waals surface area contributed by atoms with Crippen LogP contribution in [0.2, 0.25) is 0 Å². The van der Waals surface area contributed by atoms with E-state index in [4.69, 9.17) is 0 Å². The van der Waals surface area contributed by atoms with Gasteiger partial charge in [0.15, 0.2) is 0 Å². The van der Waals surface area contributed by atoms with E-state index < -0.39 is 0 Å². The molecule has 0 radical (unpaired) electrons. The molecule has 3 aromatic rings. The van der Waals surface area contributed by atoms with Gasteiger partial charge in [-0.3, -0.25) is 9.97 Å². The van der Waals surface area contributed by atoms with Crippen LogP contribution in [0.4, 0.5) is 0 Å². The van der Waals surface area contributed by atoms with Crippen LogP contribution in [0, 0.1) is 13.8 Å². The molecular weight excluding hydrogens is 248 g/mol. The zero-order valence-electron chi connectivity index (χ0n) is 11.4. The minimum Gasteiger partial charge on any atom is -0.256 e. The van der Waals surface area contributed by atoms with Crippen molar-refractivity contribution in [2.75, 3.05) is 0 Å². The van der Waals surface area contributed by atoms with Gasteiger partial charge in [0.2, 0.25) is 0 Å². The van der Waals surface area contributed by atoms with Crippen molar-refractivity contribution in [2.45, 2.75) is 13.8 Å². The molecular formula is C16H14N4. The third-order valence-corrected chi connectivity index (χ3v) is 3.03. The van der Waals surface area contributed by atoms with E-state index in [0.29, 0.717) is 0 Å². The molecule has 0 aliphatic heterocycles. The highest BCUT2D eigenvalue weighted by molar-refractivity contribution is 5.62. The van der Waals surface area contributed by atoms with Gasteiger partial charge >= 0.3 is 0 Å². The lowest BCUT2D eigenvalue weighted by molar-refractivity contribution is 0.981. The fraction of sp³-hybridized carbons (Fsp3) is 0.125. The zero-order valence-corrected chi connectivity index (χ0v) is 11.4. The van der Waals surface area contributed by atoms with Crippen molar-refractivity contribution in [3.8, 4) is 22.6 Å². The van der Waals surface area contributed by atoms with Crippen LogP contribution in [0.3, 0.4) is 0 Å². The summed E-state index contributed by atoms with van der Waals surface area (Å²) in [6.07, 6.45) is 3.67. The number of aryl methyl sites for hydroxylation is 2. The molecule has 0 aliphatic rings. The predicted octanol–water partition coefficient (Wildman–Crippen LogP) is 3.22. The van der Waals surface area contributed by atoms with Crippen LogP contribution in [0.1, 0.15) is 11.3 Å². The van der Waals surface area contributed by atoms with Crippen LogP contribution < -0.4 is 0 Å². The van der Waals surface area contributed by atoms with Crippen molar-refractivity contribution in [2.24, 2.45) is 0 Å². The average Bonchev–Trinajstić information content (AvgIpc) is 2.49. The first-order valence-electron chi connectivity index (χ1n) is 6.42. The Morgan fingerprint density at radius 2 is 1.40 bits per heavy atom. The van der Waals surface area contributed by atoms with Gasteiger partial charge in [-0.25, -0.2) is 0 Å². The van der Waals surface area contributed by atoms with Gasteiger partial charge < -0.3 is 0 Å². The third kappa shape index (κ3) is 2.54. The number of nitrogens with zero attached hydrogens (tertiary/aromatic N) is 4. The molecule has 3 rings (SSSR count). The first kappa shape index (κ1) is 12.4. The molecule has 3 aromatic heterocycles. The first-order valence-corrected chi connectivity index (χ1v) is 6.42. The van der Waals surface area contributed by atoms with Crippen LogP contribution in [-0.4, -0.2) is 20.2 Å². The summed E-state index contributed by atoms with van der Waals surface area (Å²) in [5.41, 5.74) is 5.55. The van der Waals surface area contributed by atoms with Gasteiger partial charge in [0, 0.05) is 18.0 Å². The van der Waals surface area contributed by atoms with E-state index in [9.17, 15) is 0 Å². The quantitative estimate of drug-likeness (QED) is 0.711. The second-order valence-electron chi connectivity index (χ2n) is 4.71. The Morgan fingerprint density at radius 3 is 2.00 bits per heavy atom. The lowest BCUT2D eigenvalue weighted by Gasteiger charge is -2.03. The molecule has 0 saturated carbocycles. The summed E-state index contributed by atoms with van der Waals surface area (Å²) < 4.78 is 0. The van der Waals surface area contributed by atoms with E-state index in [1.54, 1.807) is 0 Å². The Kier molecular flexibility index (Phi) is 3.21.